The van der Waals surface area contributed by atoms with E-state index in [9.17, 15) is 4.79 Å². The zero-order valence-corrected chi connectivity index (χ0v) is 16.5. The lowest BCUT2D eigenvalue weighted by Crippen LogP contribution is -2.21. The molecule has 5 heteroatoms. The molecule has 1 aromatic carbocycles. The van der Waals surface area contributed by atoms with Crippen molar-refractivity contribution < 1.29 is 4.79 Å². The highest BCUT2D eigenvalue weighted by Crippen LogP contribution is 2.27. The van der Waals surface area contributed by atoms with Crippen LogP contribution in [0.3, 0.4) is 0 Å². The Kier molecular flexibility index (Phi) is 4.43. The standard InChI is InChI=1S/C23H22N4O/c1-15-10-11-22(24-14-15)26-16(2)12-19(18(26)4)13-21-17(3)25-27(23(21)28)20-8-6-5-7-9-20/h5-14H,1-4H3/b21-13-. The molecule has 140 valence electrons. The molecule has 3 heterocycles. The molecule has 1 amide bonds. The summed E-state index contributed by atoms with van der Waals surface area (Å²) in [7, 11) is 0. The first-order chi connectivity index (χ1) is 13.5. The van der Waals surface area contributed by atoms with Crippen molar-refractivity contribution in [2.45, 2.75) is 27.7 Å². The van der Waals surface area contributed by atoms with Gasteiger partial charge in [0.05, 0.1) is 17.0 Å². The molecule has 2 aromatic heterocycles. The zero-order valence-electron chi connectivity index (χ0n) is 16.5. The Bertz CT molecular complexity index is 1110. The predicted octanol–water partition coefficient (Wildman–Crippen LogP) is 4.60. The van der Waals surface area contributed by atoms with Crippen LogP contribution in [0.15, 0.2) is 65.4 Å². The smallest absolute Gasteiger partial charge is 0.280 e. The molecule has 1 aliphatic rings. The summed E-state index contributed by atoms with van der Waals surface area (Å²) in [6.45, 7) is 7.98. The van der Waals surface area contributed by atoms with Crippen LogP contribution in [-0.4, -0.2) is 21.2 Å². The van der Waals surface area contributed by atoms with E-state index in [2.05, 4.69) is 20.7 Å². The number of rotatable bonds is 3. The van der Waals surface area contributed by atoms with Crippen molar-refractivity contribution in [2.75, 3.05) is 5.01 Å². The van der Waals surface area contributed by atoms with Crippen LogP contribution in [-0.2, 0) is 4.79 Å². The van der Waals surface area contributed by atoms with Gasteiger partial charge in [0.15, 0.2) is 0 Å². The average molecular weight is 370 g/mol. The quantitative estimate of drug-likeness (QED) is 0.633. The summed E-state index contributed by atoms with van der Waals surface area (Å²) >= 11 is 0. The SMILES string of the molecule is CC1=NN(c2ccccc2)C(=O)/C1=C\c1cc(C)n(-c2ccc(C)cn2)c1C. The van der Waals surface area contributed by atoms with E-state index in [1.54, 1.807) is 0 Å². The van der Waals surface area contributed by atoms with Crippen molar-refractivity contribution >= 4 is 23.4 Å². The topological polar surface area (TPSA) is 50.5 Å². The number of aromatic nitrogens is 2. The molecule has 0 N–H and O–H groups in total. The first-order valence-electron chi connectivity index (χ1n) is 9.24. The molecule has 0 fully saturated rings. The van der Waals surface area contributed by atoms with Crippen LogP contribution in [0.1, 0.15) is 29.4 Å². The van der Waals surface area contributed by atoms with Gasteiger partial charge in [0, 0.05) is 17.6 Å². The molecule has 28 heavy (non-hydrogen) atoms. The van der Waals surface area contributed by atoms with E-state index in [0.29, 0.717) is 11.3 Å². The zero-order chi connectivity index (χ0) is 19.8. The van der Waals surface area contributed by atoms with Crippen LogP contribution in [0.2, 0.25) is 0 Å². The highest BCUT2D eigenvalue weighted by Gasteiger charge is 2.29. The summed E-state index contributed by atoms with van der Waals surface area (Å²) in [5, 5.41) is 5.92. The molecular weight excluding hydrogens is 348 g/mol. The van der Waals surface area contributed by atoms with Crippen molar-refractivity contribution in [3.05, 3.63) is 82.8 Å². The molecule has 0 saturated carbocycles. The molecule has 1 aliphatic heterocycles. The number of pyridine rings is 1. The molecule has 0 atom stereocenters. The van der Waals surface area contributed by atoms with Gasteiger partial charge in [0.25, 0.3) is 5.91 Å². The Morgan fingerprint density at radius 3 is 2.39 bits per heavy atom. The molecule has 0 spiro atoms. The molecule has 3 aromatic rings. The number of hydrazone groups is 1. The van der Waals surface area contributed by atoms with Crippen molar-refractivity contribution in [3.63, 3.8) is 0 Å². The second-order valence-electron chi connectivity index (χ2n) is 7.05. The molecule has 4 rings (SSSR count). The van der Waals surface area contributed by atoms with E-state index in [1.165, 1.54) is 5.01 Å². The number of para-hydroxylation sites is 1. The van der Waals surface area contributed by atoms with Crippen LogP contribution in [0.4, 0.5) is 5.69 Å². The van der Waals surface area contributed by atoms with E-state index in [1.807, 2.05) is 82.4 Å². The highest BCUT2D eigenvalue weighted by molar-refractivity contribution is 6.32. The molecule has 0 saturated heterocycles. The molecular formula is C23H22N4O. The van der Waals surface area contributed by atoms with Crippen molar-refractivity contribution in [3.8, 4) is 5.82 Å². The number of nitrogens with zero attached hydrogens (tertiary/aromatic N) is 4. The minimum Gasteiger partial charge on any atom is -0.303 e. The highest BCUT2D eigenvalue weighted by atomic mass is 16.2. The monoisotopic (exact) mass is 370 g/mol. The largest absolute Gasteiger partial charge is 0.303 e. The number of hydrogen-bond donors (Lipinski definition) is 0. The number of carbonyl (C=O) groups is 1. The maximum Gasteiger partial charge on any atom is 0.280 e. The van der Waals surface area contributed by atoms with Gasteiger partial charge in [-0.15, -0.1) is 0 Å². The van der Waals surface area contributed by atoms with E-state index in [0.717, 1.165) is 34.0 Å². The number of hydrogen-bond acceptors (Lipinski definition) is 3. The average Bonchev–Trinajstić information content (AvgIpc) is 3.13. The maximum atomic E-state index is 13.0. The van der Waals surface area contributed by atoms with Gasteiger partial charge in [-0.1, -0.05) is 24.3 Å². The summed E-state index contributed by atoms with van der Waals surface area (Å²) in [5.41, 5.74) is 6.32. The second kappa shape index (κ2) is 6.93. The Labute approximate surface area is 164 Å². The van der Waals surface area contributed by atoms with E-state index >= 15 is 0 Å². The summed E-state index contributed by atoms with van der Waals surface area (Å²) in [6.07, 6.45) is 3.79. The number of benzene rings is 1. The predicted molar refractivity (Wildman–Crippen MR) is 113 cm³/mol. The van der Waals surface area contributed by atoms with E-state index in [4.69, 9.17) is 0 Å². The molecule has 5 nitrogen and oxygen atoms in total. The molecule has 0 radical (unpaired) electrons. The molecule has 0 aliphatic carbocycles. The Balaban J connectivity index is 1.72. The van der Waals surface area contributed by atoms with Gasteiger partial charge in [-0.05, 0) is 69.2 Å². The van der Waals surface area contributed by atoms with Gasteiger partial charge in [-0.2, -0.15) is 10.1 Å². The molecule has 0 unspecified atom stereocenters. The summed E-state index contributed by atoms with van der Waals surface area (Å²) in [6, 6.07) is 15.6. The lowest BCUT2D eigenvalue weighted by Gasteiger charge is -2.11. The Morgan fingerprint density at radius 1 is 0.964 bits per heavy atom. The number of amides is 1. The Hall–Kier alpha value is -3.47. The maximum absolute atomic E-state index is 13.0. The lowest BCUT2D eigenvalue weighted by molar-refractivity contribution is -0.114. The minimum atomic E-state index is -0.109. The third-order valence-corrected chi connectivity index (χ3v) is 4.96. The molecule has 0 bridgehead atoms. The van der Waals surface area contributed by atoms with Crippen LogP contribution in [0.5, 0.6) is 0 Å². The summed E-state index contributed by atoms with van der Waals surface area (Å²) < 4.78 is 2.10. The van der Waals surface area contributed by atoms with Gasteiger partial charge in [0.2, 0.25) is 0 Å². The van der Waals surface area contributed by atoms with E-state index < -0.39 is 0 Å². The van der Waals surface area contributed by atoms with Crippen molar-refractivity contribution in [1.29, 1.82) is 0 Å². The number of aryl methyl sites for hydroxylation is 2. The van der Waals surface area contributed by atoms with Gasteiger partial charge in [0.1, 0.15) is 5.82 Å². The minimum absolute atomic E-state index is 0.109. The first kappa shape index (κ1) is 17.9. The van der Waals surface area contributed by atoms with Crippen LogP contribution >= 0.6 is 0 Å². The van der Waals surface area contributed by atoms with Crippen molar-refractivity contribution in [2.24, 2.45) is 5.10 Å². The lowest BCUT2D eigenvalue weighted by atomic mass is 10.1. The fraction of sp³-hybridized carbons (Fsp3) is 0.174. The number of anilines is 1. The number of carbonyl (C=O) groups excluding carboxylic acids is 1. The summed E-state index contributed by atoms with van der Waals surface area (Å²) in [4.78, 5) is 17.5. The van der Waals surface area contributed by atoms with Crippen LogP contribution in [0, 0.1) is 20.8 Å². The van der Waals surface area contributed by atoms with E-state index in [-0.39, 0.29) is 5.91 Å². The third kappa shape index (κ3) is 3.05. The Morgan fingerprint density at radius 2 is 1.71 bits per heavy atom. The second-order valence-corrected chi connectivity index (χ2v) is 7.05. The van der Waals surface area contributed by atoms with Crippen LogP contribution < -0.4 is 5.01 Å². The van der Waals surface area contributed by atoms with Gasteiger partial charge < -0.3 is 4.57 Å². The summed E-state index contributed by atoms with van der Waals surface area (Å²) in [5.74, 6) is 0.765. The normalized spacial score (nSPS) is 15.4. The van der Waals surface area contributed by atoms with Crippen LogP contribution in [0.25, 0.3) is 11.9 Å². The third-order valence-electron chi connectivity index (χ3n) is 4.96. The van der Waals surface area contributed by atoms with Crippen molar-refractivity contribution in [1.82, 2.24) is 9.55 Å². The fourth-order valence-corrected chi connectivity index (χ4v) is 3.46. The fourth-order valence-electron chi connectivity index (χ4n) is 3.46. The van der Waals surface area contributed by atoms with Gasteiger partial charge >= 0.3 is 0 Å². The van der Waals surface area contributed by atoms with Gasteiger partial charge in [-0.3, -0.25) is 4.79 Å². The first-order valence-corrected chi connectivity index (χ1v) is 9.24. The van der Waals surface area contributed by atoms with Gasteiger partial charge in [-0.25, -0.2) is 4.98 Å².